The lowest BCUT2D eigenvalue weighted by Crippen LogP contribution is -2.64. The van der Waals surface area contributed by atoms with Crippen molar-refractivity contribution in [3.05, 3.63) is 41.1 Å². The largest absolute Gasteiger partial charge is 0.477 e. The van der Waals surface area contributed by atoms with Crippen molar-refractivity contribution < 1.29 is 52.5 Å². The summed E-state index contributed by atoms with van der Waals surface area (Å²) in [4.78, 5) is 73.1. The molecule has 15 heteroatoms. The molecular formula is C25H30ClN3O11. The lowest BCUT2D eigenvalue weighted by atomic mass is 9.91. The van der Waals surface area contributed by atoms with Gasteiger partial charge in [0, 0.05) is 38.4 Å². The minimum Gasteiger partial charge on any atom is -0.477 e. The maximum Gasteiger partial charge on any atom is 0.373 e. The van der Waals surface area contributed by atoms with Gasteiger partial charge in [-0.1, -0.05) is 11.6 Å². The summed E-state index contributed by atoms with van der Waals surface area (Å²) in [6.07, 6.45) is -3.25. The third kappa shape index (κ3) is 9.76. The number of hydrogen-bond acceptors (Lipinski definition) is 11. The van der Waals surface area contributed by atoms with Crippen LogP contribution in [0.4, 0.5) is 10.5 Å². The molecule has 0 fully saturated rings. The number of carbonyl (C=O) groups is 6. The molecule has 0 aliphatic carbocycles. The highest BCUT2D eigenvalue weighted by atomic mass is 35.5. The molecular weight excluding hydrogens is 554 g/mol. The number of rotatable bonds is 10. The summed E-state index contributed by atoms with van der Waals surface area (Å²) in [5, 5.41) is 8.25. The topological polar surface area (TPSA) is 185 Å². The Labute approximate surface area is 234 Å². The molecule has 40 heavy (non-hydrogen) atoms. The maximum atomic E-state index is 12.9. The Hall–Kier alpha value is -4.33. The Balaban J connectivity index is 2.54. The van der Waals surface area contributed by atoms with Crippen LogP contribution in [0.25, 0.3) is 0 Å². The van der Waals surface area contributed by atoms with Gasteiger partial charge in [-0.3, -0.25) is 19.2 Å². The normalized spacial score (nSPS) is 19.4. The van der Waals surface area contributed by atoms with Crippen molar-refractivity contribution in [2.45, 2.75) is 58.1 Å². The molecule has 0 spiro atoms. The minimum absolute atomic E-state index is 0.382. The highest BCUT2D eigenvalue weighted by Gasteiger charge is 2.48. The second-order valence-corrected chi connectivity index (χ2v) is 8.92. The second kappa shape index (κ2) is 14.7. The third-order valence-corrected chi connectivity index (χ3v) is 5.50. The molecule has 0 bridgehead atoms. The first-order valence-electron chi connectivity index (χ1n) is 11.9. The lowest BCUT2D eigenvalue weighted by Gasteiger charge is -2.41. The van der Waals surface area contributed by atoms with Crippen molar-refractivity contribution in [3.8, 4) is 0 Å². The number of halogens is 1. The molecule has 218 valence electrons. The van der Waals surface area contributed by atoms with Crippen molar-refractivity contribution in [2.24, 2.45) is 0 Å². The molecule has 0 unspecified atom stereocenters. The van der Waals surface area contributed by atoms with Crippen molar-refractivity contribution in [1.82, 2.24) is 10.6 Å². The van der Waals surface area contributed by atoms with E-state index in [4.69, 9.17) is 35.3 Å². The van der Waals surface area contributed by atoms with E-state index in [9.17, 15) is 28.8 Å². The van der Waals surface area contributed by atoms with Crippen molar-refractivity contribution >= 4 is 53.1 Å². The van der Waals surface area contributed by atoms with E-state index in [0.29, 0.717) is 10.7 Å². The van der Waals surface area contributed by atoms with E-state index in [-0.39, 0.29) is 0 Å². The van der Waals surface area contributed by atoms with Gasteiger partial charge in [-0.05, 0) is 30.3 Å². The zero-order chi connectivity index (χ0) is 30.0. The average molecular weight is 584 g/mol. The molecule has 0 aromatic heterocycles. The standard InChI is InChI=1S/C25H30ClN3O11/c1-12(30)27-21-18(29-25(35)28-17-8-6-16(26)7-9-17)10-19(24(34)36-5)40-23(21)22(39-15(4)33)20(38-14(3)32)11-37-13(2)31/h6-10,18,20-23H,11H2,1-5H3,(H,27,30)(H2,28,29,35)/t18-,20+,21+,22+,23+/m0/s1. The smallest absolute Gasteiger partial charge is 0.373 e. The molecule has 0 saturated heterocycles. The van der Waals surface area contributed by atoms with Gasteiger partial charge in [0.2, 0.25) is 11.7 Å². The first-order chi connectivity index (χ1) is 18.8. The van der Waals surface area contributed by atoms with Crippen LogP contribution in [0.1, 0.15) is 27.7 Å². The summed E-state index contributed by atoms with van der Waals surface area (Å²) >= 11 is 5.88. The summed E-state index contributed by atoms with van der Waals surface area (Å²) < 4.78 is 26.2. The monoisotopic (exact) mass is 583 g/mol. The van der Waals surface area contributed by atoms with E-state index in [0.717, 1.165) is 27.9 Å². The summed E-state index contributed by atoms with van der Waals surface area (Å²) in [5.41, 5.74) is 0.382. The Morgan fingerprint density at radius 2 is 1.55 bits per heavy atom. The number of ether oxygens (including phenoxy) is 5. The number of esters is 4. The fourth-order valence-corrected chi connectivity index (χ4v) is 3.89. The Morgan fingerprint density at radius 3 is 2.08 bits per heavy atom. The van der Waals surface area contributed by atoms with Crippen LogP contribution in [0.3, 0.4) is 0 Å². The first kappa shape index (κ1) is 31.9. The highest BCUT2D eigenvalue weighted by Crippen LogP contribution is 2.27. The van der Waals surface area contributed by atoms with E-state index >= 15 is 0 Å². The van der Waals surface area contributed by atoms with E-state index in [2.05, 4.69) is 16.0 Å². The summed E-state index contributed by atoms with van der Waals surface area (Å²) in [7, 11) is 1.09. The predicted molar refractivity (Wildman–Crippen MR) is 138 cm³/mol. The zero-order valence-electron chi connectivity index (χ0n) is 22.3. The fourth-order valence-electron chi connectivity index (χ4n) is 3.76. The molecule has 1 aromatic carbocycles. The Bertz CT molecular complexity index is 1160. The minimum atomic E-state index is -1.55. The van der Waals surface area contributed by atoms with E-state index < -0.39 is 78.6 Å². The first-order valence-corrected chi connectivity index (χ1v) is 12.2. The quantitative estimate of drug-likeness (QED) is 0.266. The number of benzene rings is 1. The van der Waals surface area contributed by atoms with Gasteiger partial charge < -0.3 is 39.6 Å². The molecule has 1 aromatic rings. The van der Waals surface area contributed by atoms with Crippen molar-refractivity contribution in [2.75, 3.05) is 19.0 Å². The van der Waals surface area contributed by atoms with Gasteiger partial charge >= 0.3 is 29.9 Å². The number of hydrogen-bond donors (Lipinski definition) is 3. The van der Waals surface area contributed by atoms with E-state index in [1.165, 1.54) is 13.0 Å². The molecule has 1 aliphatic rings. The molecule has 14 nitrogen and oxygen atoms in total. The van der Waals surface area contributed by atoms with Gasteiger partial charge in [0.25, 0.3) is 0 Å². The van der Waals surface area contributed by atoms with Crippen LogP contribution in [0, 0.1) is 0 Å². The van der Waals surface area contributed by atoms with Gasteiger partial charge in [-0.15, -0.1) is 0 Å². The Morgan fingerprint density at radius 1 is 0.925 bits per heavy atom. The maximum absolute atomic E-state index is 12.9. The summed E-state index contributed by atoms with van der Waals surface area (Å²) in [6.45, 7) is 3.87. The number of urea groups is 1. The van der Waals surface area contributed by atoms with Gasteiger partial charge in [0.1, 0.15) is 6.61 Å². The summed E-state index contributed by atoms with van der Waals surface area (Å²) in [5.74, 6) is -4.34. The molecule has 3 amide bonds. The van der Waals surface area contributed by atoms with Crippen LogP contribution < -0.4 is 16.0 Å². The third-order valence-electron chi connectivity index (χ3n) is 5.25. The zero-order valence-corrected chi connectivity index (χ0v) is 23.1. The predicted octanol–water partition coefficient (Wildman–Crippen LogP) is 1.22. The van der Waals surface area contributed by atoms with Gasteiger partial charge in [0.05, 0.1) is 19.2 Å². The summed E-state index contributed by atoms with van der Waals surface area (Å²) in [6, 6.07) is 3.09. The van der Waals surface area contributed by atoms with Crippen LogP contribution in [0.15, 0.2) is 36.1 Å². The Kier molecular flexibility index (Phi) is 11.7. The van der Waals surface area contributed by atoms with Gasteiger partial charge in [-0.2, -0.15) is 0 Å². The highest BCUT2D eigenvalue weighted by molar-refractivity contribution is 6.30. The lowest BCUT2D eigenvalue weighted by molar-refractivity contribution is -0.188. The van der Waals surface area contributed by atoms with Crippen molar-refractivity contribution in [3.63, 3.8) is 0 Å². The van der Waals surface area contributed by atoms with Gasteiger partial charge in [-0.25, -0.2) is 9.59 Å². The van der Waals surface area contributed by atoms with Crippen LogP contribution in [-0.4, -0.2) is 79.9 Å². The number of amides is 3. The second-order valence-electron chi connectivity index (χ2n) is 8.49. The molecule has 2 rings (SSSR count). The number of anilines is 1. The van der Waals surface area contributed by atoms with Crippen LogP contribution in [0.2, 0.25) is 5.02 Å². The number of methoxy groups -OCH3 is 1. The number of carbonyl (C=O) groups excluding carboxylic acids is 6. The van der Waals surface area contributed by atoms with E-state index in [1.807, 2.05) is 0 Å². The van der Waals surface area contributed by atoms with Crippen LogP contribution in [-0.2, 0) is 47.7 Å². The van der Waals surface area contributed by atoms with Crippen molar-refractivity contribution in [1.29, 1.82) is 0 Å². The van der Waals surface area contributed by atoms with Gasteiger partial charge in [0.15, 0.2) is 18.3 Å². The molecule has 1 aliphatic heterocycles. The van der Waals surface area contributed by atoms with E-state index in [1.54, 1.807) is 24.3 Å². The SMILES string of the molecule is COC(=O)C1=C[C@H](NC(=O)Nc2ccc(Cl)cc2)[C@@H](NC(C)=O)[C@H]([C@H](OC(C)=O)[C@@H](COC(C)=O)OC(C)=O)O1. The van der Waals surface area contributed by atoms with Crippen LogP contribution >= 0.6 is 11.6 Å². The molecule has 0 radical (unpaired) electrons. The average Bonchev–Trinajstić information content (AvgIpc) is 2.86. The molecule has 3 N–H and O–H groups in total. The van der Waals surface area contributed by atoms with Crippen LogP contribution in [0.5, 0.6) is 0 Å². The number of nitrogens with one attached hydrogen (secondary N) is 3. The molecule has 1 heterocycles. The molecule has 5 atom stereocenters. The molecule has 0 saturated carbocycles. The fraction of sp³-hybridized carbons (Fsp3) is 0.440.